The molecule has 0 amide bonds. The SMILES string of the molecule is C=Cc1ccccc1Nc1ccc2c(c1)oc1ccc(-n3c4ccccc4c4ccccc43)cc12. The highest BCUT2D eigenvalue weighted by atomic mass is 16.3. The molecule has 166 valence electrons. The number of nitrogens with zero attached hydrogens (tertiary/aromatic N) is 1. The van der Waals surface area contributed by atoms with Crippen LogP contribution in [0.1, 0.15) is 5.56 Å². The van der Waals surface area contributed by atoms with Crippen LogP contribution in [0.25, 0.3) is 55.5 Å². The first-order chi connectivity index (χ1) is 17.3. The molecule has 7 aromatic rings. The number of nitrogens with one attached hydrogen (secondary N) is 1. The number of hydrogen-bond acceptors (Lipinski definition) is 2. The van der Waals surface area contributed by atoms with Crippen molar-refractivity contribution in [1.29, 1.82) is 0 Å². The second kappa shape index (κ2) is 7.64. The van der Waals surface area contributed by atoms with Crippen LogP contribution in [0.5, 0.6) is 0 Å². The summed E-state index contributed by atoms with van der Waals surface area (Å²) in [5, 5.41) is 8.23. The van der Waals surface area contributed by atoms with E-state index in [2.05, 4.69) is 107 Å². The fourth-order valence-corrected chi connectivity index (χ4v) is 5.13. The van der Waals surface area contributed by atoms with Gasteiger partial charge in [0.05, 0.1) is 11.0 Å². The molecule has 0 saturated carbocycles. The normalized spacial score (nSPS) is 11.5. The number of furan rings is 1. The topological polar surface area (TPSA) is 30.1 Å². The Balaban J connectivity index is 1.38. The van der Waals surface area contributed by atoms with Crippen LogP contribution in [0.2, 0.25) is 0 Å². The van der Waals surface area contributed by atoms with Crippen molar-refractivity contribution in [2.75, 3.05) is 5.32 Å². The summed E-state index contributed by atoms with van der Waals surface area (Å²) in [6.45, 7) is 3.92. The van der Waals surface area contributed by atoms with Gasteiger partial charge < -0.3 is 14.3 Å². The van der Waals surface area contributed by atoms with Crippen molar-refractivity contribution < 1.29 is 4.42 Å². The Morgan fingerprint density at radius 1 is 0.629 bits per heavy atom. The van der Waals surface area contributed by atoms with E-state index in [4.69, 9.17) is 4.42 Å². The molecule has 0 fully saturated rings. The molecular weight excluding hydrogens is 428 g/mol. The van der Waals surface area contributed by atoms with Crippen LogP contribution in [0, 0.1) is 0 Å². The Morgan fingerprint density at radius 2 is 1.34 bits per heavy atom. The number of hydrogen-bond donors (Lipinski definition) is 1. The monoisotopic (exact) mass is 450 g/mol. The van der Waals surface area contributed by atoms with Crippen LogP contribution in [-0.2, 0) is 0 Å². The molecule has 0 aliphatic rings. The third-order valence-electron chi connectivity index (χ3n) is 6.75. The molecule has 0 unspecified atom stereocenters. The van der Waals surface area contributed by atoms with Crippen LogP contribution in [0.15, 0.2) is 120 Å². The average Bonchev–Trinajstić information content (AvgIpc) is 3.44. The maximum Gasteiger partial charge on any atom is 0.137 e. The third-order valence-corrected chi connectivity index (χ3v) is 6.75. The number of aromatic nitrogens is 1. The molecule has 2 aromatic heterocycles. The van der Waals surface area contributed by atoms with E-state index in [9.17, 15) is 0 Å². The van der Waals surface area contributed by atoms with E-state index in [1.165, 1.54) is 21.8 Å². The van der Waals surface area contributed by atoms with Crippen molar-refractivity contribution >= 4 is 61.2 Å². The minimum atomic E-state index is 0.862. The molecule has 0 aliphatic carbocycles. The molecule has 5 aromatic carbocycles. The zero-order chi connectivity index (χ0) is 23.4. The molecule has 3 nitrogen and oxygen atoms in total. The summed E-state index contributed by atoms with van der Waals surface area (Å²) >= 11 is 0. The van der Waals surface area contributed by atoms with Gasteiger partial charge in [0, 0.05) is 44.7 Å². The maximum atomic E-state index is 6.27. The Morgan fingerprint density at radius 3 is 2.11 bits per heavy atom. The molecule has 35 heavy (non-hydrogen) atoms. The predicted molar refractivity (Wildman–Crippen MR) is 148 cm³/mol. The smallest absolute Gasteiger partial charge is 0.137 e. The molecule has 1 N–H and O–H groups in total. The van der Waals surface area contributed by atoms with Gasteiger partial charge in [-0.1, -0.05) is 67.3 Å². The van der Waals surface area contributed by atoms with Gasteiger partial charge in [0.2, 0.25) is 0 Å². The van der Waals surface area contributed by atoms with Gasteiger partial charge in [-0.3, -0.25) is 0 Å². The Kier molecular flexibility index (Phi) is 4.30. The van der Waals surface area contributed by atoms with E-state index in [-0.39, 0.29) is 0 Å². The van der Waals surface area contributed by atoms with Crippen LogP contribution in [-0.4, -0.2) is 4.57 Å². The lowest BCUT2D eigenvalue weighted by Crippen LogP contribution is -1.93. The highest BCUT2D eigenvalue weighted by Crippen LogP contribution is 2.36. The van der Waals surface area contributed by atoms with E-state index in [1.807, 2.05) is 24.3 Å². The molecule has 0 radical (unpaired) electrons. The van der Waals surface area contributed by atoms with Crippen molar-refractivity contribution in [2.45, 2.75) is 0 Å². The van der Waals surface area contributed by atoms with Crippen LogP contribution < -0.4 is 5.32 Å². The first kappa shape index (κ1) is 19.7. The minimum Gasteiger partial charge on any atom is -0.456 e. The quantitative estimate of drug-likeness (QED) is 0.290. The van der Waals surface area contributed by atoms with E-state index in [0.717, 1.165) is 44.6 Å². The van der Waals surface area contributed by atoms with Gasteiger partial charge in [-0.05, 0) is 54.1 Å². The number of anilines is 2. The lowest BCUT2D eigenvalue weighted by atomic mass is 10.1. The van der Waals surface area contributed by atoms with Gasteiger partial charge in [0.15, 0.2) is 0 Å². The summed E-state index contributed by atoms with van der Waals surface area (Å²) < 4.78 is 8.60. The summed E-state index contributed by atoms with van der Waals surface area (Å²) in [4.78, 5) is 0. The lowest BCUT2D eigenvalue weighted by Gasteiger charge is -2.09. The van der Waals surface area contributed by atoms with Crippen LogP contribution in [0.3, 0.4) is 0 Å². The van der Waals surface area contributed by atoms with Crippen LogP contribution >= 0.6 is 0 Å². The highest BCUT2D eigenvalue weighted by Gasteiger charge is 2.14. The van der Waals surface area contributed by atoms with Crippen molar-refractivity contribution in [3.05, 3.63) is 121 Å². The van der Waals surface area contributed by atoms with Crippen molar-refractivity contribution in [3.8, 4) is 5.69 Å². The number of fused-ring (bicyclic) bond motifs is 6. The first-order valence-corrected chi connectivity index (χ1v) is 11.7. The third kappa shape index (κ3) is 3.06. The van der Waals surface area contributed by atoms with Gasteiger partial charge >= 0.3 is 0 Å². The molecular formula is C32H22N2O. The van der Waals surface area contributed by atoms with Gasteiger partial charge in [-0.25, -0.2) is 0 Å². The molecule has 0 bridgehead atoms. The lowest BCUT2D eigenvalue weighted by molar-refractivity contribution is 0.669. The minimum absolute atomic E-state index is 0.862. The molecule has 0 atom stereocenters. The molecule has 0 aliphatic heterocycles. The summed E-state index contributed by atoms with van der Waals surface area (Å²) in [6.07, 6.45) is 1.86. The largest absolute Gasteiger partial charge is 0.456 e. The second-order valence-electron chi connectivity index (χ2n) is 8.78. The zero-order valence-corrected chi connectivity index (χ0v) is 19.0. The Hall–Kier alpha value is -4.76. The second-order valence-corrected chi connectivity index (χ2v) is 8.78. The number of benzene rings is 5. The summed E-state index contributed by atoms with van der Waals surface area (Å²) in [7, 11) is 0. The standard InChI is InChI=1S/C32H22N2O/c1-2-21-9-3-6-12-28(21)33-22-15-17-26-27-20-23(16-18-31(27)35-32(26)19-22)34-29-13-7-4-10-24(29)25-11-5-8-14-30(25)34/h2-20,33H,1H2. The summed E-state index contributed by atoms with van der Waals surface area (Å²) in [6, 6.07) is 38.1. The van der Waals surface area contributed by atoms with E-state index >= 15 is 0 Å². The Bertz CT molecular complexity index is 1850. The van der Waals surface area contributed by atoms with E-state index < -0.39 is 0 Å². The average molecular weight is 451 g/mol. The summed E-state index contributed by atoms with van der Waals surface area (Å²) in [5.74, 6) is 0. The molecule has 7 rings (SSSR count). The van der Waals surface area contributed by atoms with Gasteiger partial charge in [-0.15, -0.1) is 0 Å². The fourth-order valence-electron chi connectivity index (χ4n) is 5.13. The highest BCUT2D eigenvalue weighted by molar-refractivity contribution is 6.10. The fraction of sp³-hybridized carbons (Fsp3) is 0. The first-order valence-electron chi connectivity index (χ1n) is 11.7. The maximum absolute atomic E-state index is 6.27. The zero-order valence-electron chi connectivity index (χ0n) is 19.0. The van der Waals surface area contributed by atoms with Crippen LogP contribution in [0.4, 0.5) is 11.4 Å². The van der Waals surface area contributed by atoms with Gasteiger partial charge in [0.1, 0.15) is 11.2 Å². The number of rotatable bonds is 4. The summed E-state index contributed by atoms with van der Waals surface area (Å²) in [5.41, 5.74) is 8.34. The van der Waals surface area contributed by atoms with E-state index in [1.54, 1.807) is 0 Å². The number of para-hydroxylation sites is 3. The predicted octanol–water partition coefficient (Wildman–Crippen LogP) is 9.07. The van der Waals surface area contributed by atoms with E-state index in [0.29, 0.717) is 0 Å². The molecule has 0 saturated heterocycles. The van der Waals surface area contributed by atoms with Crippen molar-refractivity contribution in [1.82, 2.24) is 4.57 Å². The van der Waals surface area contributed by atoms with Crippen molar-refractivity contribution in [3.63, 3.8) is 0 Å². The molecule has 2 heterocycles. The molecule has 3 heteroatoms. The van der Waals surface area contributed by atoms with Crippen molar-refractivity contribution in [2.24, 2.45) is 0 Å². The Labute approximate surface area is 202 Å². The van der Waals surface area contributed by atoms with Gasteiger partial charge in [-0.2, -0.15) is 0 Å². The van der Waals surface area contributed by atoms with Gasteiger partial charge in [0.25, 0.3) is 0 Å². The molecule has 0 spiro atoms.